The molecule has 2 bridgehead atoms. The molecule has 0 unspecified atom stereocenters. The molecule has 2 aliphatic heterocycles. The number of esters is 1. The van der Waals surface area contributed by atoms with Gasteiger partial charge >= 0.3 is 11.9 Å². The number of aliphatic hydroxyl groups excluding tert-OH is 1. The Labute approximate surface area is 252 Å². The van der Waals surface area contributed by atoms with Crippen LogP contribution in [0.3, 0.4) is 0 Å². The number of carboxylic acid groups (broad SMARTS) is 1. The zero-order chi connectivity index (χ0) is 30.8. The van der Waals surface area contributed by atoms with Gasteiger partial charge in [-0.25, -0.2) is 4.79 Å². The van der Waals surface area contributed by atoms with Crippen LogP contribution in [0.5, 0.6) is 11.5 Å². The van der Waals surface area contributed by atoms with Gasteiger partial charge in [-0.05, 0) is 72.3 Å². The molecule has 5 atom stereocenters. The second kappa shape index (κ2) is 12.7. The van der Waals surface area contributed by atoms with Gasteiger partial charge in [-0.15, -0.1) is 22.7 Å². The zero-order valence-electron chi connectivity index (χ0n) is 23.7. The molecule has 3 aromatic rings. The van der Waals surface area contributed by atoms with Crippen LogP contribution in [0.15, 0.2) is 53.2 Å². The number of nitrogens with two attached hydrogens (primary N) is 1. The number of hydrogen-bond donors (Lipinski definition) is 6. The standard InChI is InChI=1S/C21H27NO3S2.C9H11NO5/c1-20(2)9-8-14-12-15(13-16(20)22(14)3)25-19(23)21(24,17-6-4-10-26-17)18-7-5-11-27-18;10-7(9(14)15)8(13)4-1-2-5(11)6(12)3-4/h4-7,10-11,14-16,24H,8-9,12-13H2,1-3H3;1-3,7-8,11-13H,10H2,(H,14,15)/t14-,15-,16-;7-,8-/m10/s1. The van der Waals surface area contributed by atoms with E-state index in [0.717, 1.165) is 31.4 Å². The van der Waals surface area contributed by atoms with Crippen LogP contribution >= 0.6 is 22.7 Å². The molecule has 0 amide bonds. The third-order valence-corrected chi connectivity index (χ3v) is 10.4. The average molecular weight is 619 g/mol. The van der Waals surface area contributed by atoms with E-state index in [9.17, 15) is 19.8 Å². The summed E-state index contributed by atoms with van der Waals surface area (Å²) in [5, 5.41) is 51.3. The van der Waals surface area contributed by atoms with E-state index in [1.54, 1.807) is 12.1 Å². The average Bonchev–Trinajstić information content (AvgIpc) is 3.68. The van der Waals surface area contributed by atoms with Crippen LogP contribution in [0.2, 0.25) is 0 Å². The number of phenols is 2. The Balaban J connectivity index is 0.000000230. The van der Waals surface area contributed by atoms with Crippen molar-refractivity contribution in [1.29, 1.82) is 0 Å². The fourth-order valence-corrected chi connectivity index (χ4v) is 7.54. The van der Waals surface area contributed by atoms with Crippen molar-refractivity contribution < 1.29 is 39.9 Å². The number of benzene rings is 1. The molecule has 42 heavy (non-hydrogen) atoms. The third kappa shape index (κ3) is 6.48. The van der Waals surface area contributed by atoms with Crippen molar-refractivity contribution in [1.82, 2.24) is 4.90 Å². The minimum absolute atomic E-state index is 0.125. The summed E-state index contributed by atoms with van der Waals surface area (Å²) in [4.78, 5) is 27.4. The van der Waals surface area contributed by atoms with Gasteiger partial charge in [0.25, 0.3) is 0 Å². The number of thiophene rings is 2. The smallest absolute Gasteiger partial charge is 0.349 e. The predicted octanol–water partition coefficient (Wildman–Crippen LogP) is 3.78. The van der Waals surface area contributed by atoms with Crippen molar-refractivity contribution in [3.63, 3.8) is 0 Å². The quantitative estimate of drug-likeness (QED) is 0.169. The highest BCUT2D eigenvalue weighted by atomic mass is 32.1. The predicted molar refractivity (Wildman–Crippen MR) is 159 cm³/mol. The highest BCUT2D eigenvalue weighted by molar-refractivity contribution is 7.12. The highest BCUT2D eigenvalue weighted by Gasteiger charge is 2.49. The number of carbonyl (C=O) groups excluding carboxylic acids is 1. The molecule has 10 nitrogen and oxygen atoms in total. The van der Waals surface area contributed by atoms with Gasteiger partial charge in [0.15, 0.2) is 11.5 Å². The van der Waals surface area contributed by atoms with E-state index < -0.39 is 35.4 Å². The van der Waals surface area contributed by atoms with Crippen LogP contribution in [-0.4, -0.2) is 73.6 Å². The Morgan fingerprint density at radius 2 is 1.69 bits per heavy atom. The maximum atomic E-state index is 13.2. The van der Waals surface area contributed by atoms with Gasteiger partial charge in [-0.2, -0.15) is 0 Å². The third-order valence-electron chi connectivity index (χ3n) is 8.40. The number of piperidine rings is 2. The summed E-state index contributed by atoms with van der Waals surface area (Å²) in [7, 11) is 2.20. The molecule has 0 aliphatic carbocycles. The van der Waals surface area contributed by atoms with Crippen molar-refractivity contribution >= 4 is 34.6 Å². The van der Waals surface area contributed by atoms with Crippen molar-refractivity contribution in [3.05, 3.63) is 68.5 Å². The second-order valence-electron chi connectivity index (χ2n) is 11.6. The molecule has 0 saturated carbocycles. The van der Waals surface area contributed by atoms with Gasteiger partial charge in [0.1, 0.15) is 18.2 Å². The van der Waals surface area contributed by atoms with E-state index in [2.05, 4.69) is 25.8 Å². The topological polar surface area (TPSA) is 174 Å². The van der Waals surface area contributed by atoms with Crippen LogP contribution in [0.25, 0.3) is 0 Å². The monoisotopic (exact) mass is 618 g/mol. The molecule has 4 heterocycles. The SMILES string of the molecule is CN1[C@@H]2CCC(C)(C)[C@H]1C[C@H](OC(=O)C(O)(c1cccs1)c1cccs1)C2.N[C@H](C(=O)O)[C@@H](O)c1ccc(O)c(O)c1. The van der Waals surface area contributed by atoms with Crippen LogP contribution in [0.4, 0.5) is 0 Å². The van der Waals surface area contributed by atoms with Crippen molar-refractivity contribution in [2.24, 2.45) is 11.1 Å². The van der Waals surface area contributed by atoms with Gasteiger partial charge in [0.05, 0.1) is 9.75 Å². The minimum Gasteiger partial charge on any atom is -0.504 e. The highest BCUT2D eigenvalue weighted by Crippen LogP contribution is 2.45. The fourth-order valence-electron chi connectivity index (χ4n) is 5.82. The lowest BCUT2D eigenvalue weighted by Gasteiger charge is -2.54. The molecular weight excluding hydrogens is 580 g/mol. The first-order valence-corrected chi connectivity index (χ1v) is 15.4. The van der Waals surface area contributed by atoms with Gasteiger partial charge in [0, 0.05) is 18.5 Å². The number of carbonyl (C=O) groups is 2. The summed E-state index contributed by atoms with van der Waals surface area (Å²) < 4.78 is 5.98. The molecule has 2 fully saturated rings. The lowest BCUT2D eigenvalue weighted by atomic mass is 9.68. The lowest BCUT2D eigenvalue weighted by molar-refractivity contribution is -0.175. The molecular formula is C30H38N2O8S2. The van der Waals surface area contributed by atoms with E-state index >= 15 is 0 Å². The maximum absolute atomic E-state index is 13.2. The first kappa shape index (κ1) is 31.9. The Morgan fingerprint density at radius 3 is 2.21 bits per heavy atom. The van der Waals surface area contributed by atoms with E-state index in [1.165, 1.54) is 35.2 Å². The first-order valence-electron chi connectivity index (χ1n) is 13.7. The lowest BCUT2D eigenvalue weighted by Crippen LogP contribution is -2.59. The molecule has 2 aromatic heterocycles. The van der Waals surface area contributed by atoms with Gasteiger partial charge in [0.2, 0.25) is 5.60 Å². The Hall–Kier alpha value is -3.00. The maximum Gasteiger partial charge on any atom is 0.349 e. The van der Waals surface area contributed by atoms with Crippen molar-refractivity contribution in [2.75, 3.05) is 7.05 Å². The number of aliphatic hydroxyl groups is 2. The fraction of sp³-hybridized carbons (Fsp3) is 0.467. The first-order chi connectivity index (χ1) is 19.8. The van der Waals surface area contributed by atoms with Crippen molar-refractivity contribution in [2.45, 2.75) is 75.5 Å². The van der Waals surface area contributed by atoms with Crippen LogP contribution in [-0.2, 0) is 19.9 Å². The molecule has 0 spiro atoms. The second-order valence-corrected chi connectivity index (χ2v) is 13.5. The Bertz CT molecular complexity index is 1330. The molecule has 7 N–H and O–H groups in total. The normalized spacial score (nSPS) is 23.2. The largest absolute Gasteiger partial charge is 0.504 e. The number of nitrogens with zero attached hydrogens (tertiary/aromatic N) is 1. The number of hydrogen-bond acceptors (Lipinski definition) is 11. The van der Waals surface area contributed by atoms with E-state index in [0.29, 0.717) is 21.8 Å². The number of aromatic hydroxyl groups is 2. The van der Waals surface area contributed by atoms with Crippen LogP contribution < -0.4 is 5.73 Å². The number of fused-ring (bicyclic) bond motifs is 2. The molecule has 2 saturated heterocycles. The van der Waals surface area contributed by atoms with Crippen molar-refractivity contribution in [3.8, 4) is 11.5 Å². The molecule has 228 valence electrons. The van der Waals surface area contributed by atoms with Gasteiger partial charge in [-0.3, -0.25) is 9.69 Å². The number of phenolic OH excluding ortho intramolecular Hbond substituents is 2. The number of aliphatic carboxylic acids is 1. The molecule has 2 aliphatic rings. The summed E-state index contributed by atoms with van der Waals surface area (Å²) >= 11 is 2.77. The van der Waals surface area contributed by atoms with E-state index in [1.807, 2.05) is 22.9 Å². The van der Waals surface area contributed by atoms with Crippen LogP contribution in [0, 0.1) is 5.41 Å². The Kier molecular flexibility index (Phi) is 9.65. The summed E-state index contributed by atoms with van der Waals surface area (Å²) in [6.07, 6.45) is 2.44. The van der Waals surface area contributed by atoms with E-state index in [-0.39, 0.29) is 22.8 Å². The number of carboxylic acids is 1. The minimum atomic E-state index is -1.71. The van der Waals surface area contributed by atoms with E-state index in [4.69, 9.17) is 25.8 Å². The summed E-state index contributed by atoms with van der Waals surface area (Å²) in [6, 6.07) is 10.2. The van der Waals surface area contributed by atoms with Crippen LogP contribution in [0.1, 0.15) is 61.0 Å². The molecule has 5 rings (SSSR count). The van der Waals surface area contributed by atoms with Gasteiger partial charge in [-0.1, -0.05) is 32.0 Å². The molecule has 1 aromatic carbocycles. The van der Waals surface area contributed by atoms with Gasteiger partial charge < -0.3 is 36.0 Å². The zero-order valence-corrected chi connectivity index (χ0v) is 25.3. The summed E-state index contributed by atoms with van der Waals surface area (Å²) in [5.41, 5.74) is 3.82. The summed E-state index contributed by atoms with van der Waals surface area (Å²) in [5.74, 6) is -2.69. The number of ether oxygens (including phenoxy) is 1. The molecule has 12 heteroatoms. The Morgan fingerprint density at radius 1 is 1.07 bits per heavy atom. The summed E-state index contributed by atoms with van der Waals surface area (Å²) in [6.45, 7) is 4.62. The number of rotatable bonds is 7. The molecule has 0 radical (unpaired) electrons.